The highest BCUT2D eigenvalue weighted by Crippen LogP contribution is 2.18. The van der Waals surface area contributed by atoms with Crippen LogP contribution in [0.1, 0.15) is 324 Å². The van der Waals surface area contributed by atoms with Gasteiger partial charge in [-0.2, -0.15) is 0 Å². The summed E-state index contributed by atoms with van der Waals surface area (Å²) in [4.78, 5) is 38.1. The maximum Gasteiger partial charge on any atom is 0.306 e. The Morgan fingerprint density at radius 1 is 0.328 bits per heavy atom. The second kappa shape index (κ2) is 50.8. The maximum absolute atomic E-state index is 12.8. The molecule has 0 rings (SSSR count). The van der Waals surface area contributed by atoms with Gasteiger partial charge in [0.25, 0.3) is 0 Å². The SMILES string of the molecule is CCCCCCCCCCCCCCCC(=O)OC[C@H](COC(=O)CCCCCCCCCCC(C)CC)OC(=O)CCCCCCCCCCCCCCCCCCCCC(C)C. The second-order valence-electron chi connectivity index (χ2n) is 20.6. The van der Waals surface area contributed by atoms with Crippen LogP contribution < -0.4 is 0 Å². The molecule has 0 aromatic rings. The Morgan fingerprint density at radius 3 is 0.891 bits per heavy atom. The van der Waals surface area contributed by atoms with E-state index in [1.807, 2.05) is 0 Å². The van der Waals surface area contributed by atoms with Crippen molar-refractivity contribution in [3.05, 3.63) is 0 Å². The van der Waals surface area contributed by atoms with Crippen LogP contribution in [0.15, 0.2) is 0 Å². The first-order valence-electron chi connectivity index (χ1n) is 28.8. The van der Waals surface area contributed by atoms with Crippen LogP contribution in [0.25, 0.3) is 0 Å². The molecule has 0 heterocycles. The molecule has 0 amide bonds. The number of hydrogen-bond acceptors (Lipinski definition) is 6. The first kappa shape index (κ1) is 62.4. The van der Waals surface area contributed by atoms with Crippen molar-refractivity contribution in [1.82, 2.24) is 0 Å². The summed E-state index contributed by atoms with van der Waals surface area (Å²) < 4.78 is 16.9. The molecule has 0 aliphatic carbocycles. The van der Waals surface area contributed by atoms with E-state index in [-0.39, 0.29) is 31.1 Å². The first-order valence-corrected chi connectivity index (χ1v) is 28.8. The van der Waals surface area contributed by atoms with Crippen molar-refractivity contribution >= 4 is 17.9 Å². The molecule has 0 bridgehead atoms. The van der Waals surface area contributed by atoms with Gasteiger partial charge in [0, 0.05) is 19.3 Å². The fourth-order valence-corrected chi connectivity index (χ4v) is 8.84. The maximum atomic E-state index is 12.8. The van der Waals surface area contributed by atoms with Gasteiger partial charge in [-0.3, -0.25) is 14.4 Å². The van der Waals surface area contributed by atoms with Crippen LogP contribution in [0.2, 0.25) is 0 Å². The summed E-state index contributed by atoms with van der Waals surface area (Å²) in [5.74, 6) is 0.864. The highest BCUT2D eigenvalue weighted by Gasteiger charge is 2.19. The second-order valence-corrected chi connectivity index (χ2v) is 20.6. The highest BCUT2D eigenvalue weighted by atomic mass is 16.6. The van der Waals surface area contributed by atoms with Crippen molar-refractivity contribution in [2.75, 3.05) is 13.2 Å². The Bertz CT molecular complexity index is 980. The number of rotatable bonds is 52. The fourth-order valence-electron chi connectivity index (χ4n) is 8.84. The Kier molecular flexibility index (Phi) is 49.6. The smallest absolute Gasteiger partial charge is 0.306 e. The normalized spacial score (nSPS) is 12.5. The van der Waals surface area contributed by atoms with Gasteiger partial charge < -0.3 is 14.2 Å². The molecule has 0 aromatic carbocycles. The third kappa shape index (κ3) is 49.8. The van der Waals surface area contributed by atoms with Crippen LogP contribution in [-0.4, -0.2) is 37.2 Å². The predicted molar refractivity (Wildman–Crippen MR) is 275 cm³/mol. The molecule has 0 saturated heterocycles. The summed E-state index contributed by atoms with van der Waals surface area (Å²) in [6.07, 6.45) is 53.8. The lowest BCUT2D eigenvalue weighted by atomic mass is 9.99. The topological polar surface area (TPSA) is 78.9 Å². The molecule has 1 unspecified atom stereocenters. The average molecular weight is 906 g/mol. The quantitative estimate of drug-likeness (QED) is 0.0344. The lowest BCUT2D eigenvalue weighted by molar-refractivity contribution is -0.167. The van der Waals surface area contributed by atoms with Gasteiger partial charge in [-0.25, -0.2) is 0 Å². The van der Waals surface area contributed by atoms with Gasteiger partial charge in [0.15, 0.2) is 6.10 Å². The van der Waals surface area contributed by atoms with Crippen LogP contribution >= 0.6 is 0 Å². The first-order chi connectivity index (χ1) is 31.3. The zero-order valence-electron chi connectivity index (χ0n) is 43.9. The van der Waals surface area contributed by atoms with E-state index < -0.39 is 6.10 Å². The van der Waals surface area contributed by atoms with Gasteiger partial charge in [0.05, 0.1) is 0 Å². The number of ether oxygens (including phenoxy) is 3. The van der Waals surface area contributed by atoms with Gasteiger partial charge in [-0.1, -0.05) is 285 Å². The van der Waals surface area contributed by atoms with E-state index in [4.69, 9.17) is 14.2 Å². The minimum absolute atomic E-state index is 0.0631. The third-order valence-electron chi connectivity index (χ3n) is 13.6. The van der Waals surface area contributed by atoms with Crippen LogP contribution in [-0.2, 0) is 28.6 Å². The Balaban J connectivity index is 4.25. The van der Waals surface area contributed by atoms with Gasteiger partial charge in [-0.15, -0.1) is 0 Å². The molecule has 380 valence electrons. The minimum atomic E-state index is -0.762. The molecule has 0 aliphatic heterocycles. The van der Waals surface area contributed by atoms with Crippen molar-refractivity contribution in [3.8, 4) is 0 Å². The Hall–Kier alpha value is -1.59. The van der Waals surface area contributed by atoms with E-state index in [0.29, 0.717) is 19.3 Å². The van der Waals surface area contributed by atoms with Crippen LogP contribution in [0, 0.1) is 11.8 Å². The summed E-state index contributed by atoms with van der Waals surface area (Å²) in [5.41, 5.74) is 0. The minimum Gasteiger partial charge on any atom is -0.462 e. The third-order valence-corrected chi connectivity index (χ3v) is 13.6. The van der Waals surface area contributed by atoms with Crippen LogP contribution in [0.4, 0.5) is 0 Å². The number of hydrogen-bond donors (Lipinski definition) is 0. The molecule has 0 saturated carbocycles. The number of esters is 3. The van der Waals surface area contributed by atoms with Gasteiger partial charge >= 0.3 is 17.9 Å². The van der Waals surface area contributed by atoms with Crippen LogP contribution in [0.5, 0.6) is 0 Å². The van der Waals surface area contributed by atoms with Crippen molar-refractivity contribution in [1.29, 1.82) is 0 Å². The number of carbonyl (C=O) groups is 3. The van der Waals surface area contributed by atoms with Crippen molar-refractivity contribution in [2.24, 2.45) is 11.8 Å². The van der Waals surface area contributed by atoms with Crippen LogP contribution in [0.3, 0.4) is 0 Å². The lowest BCUT2D eigenvalue weighted by Crippen LogP contribution is -2.30. The standard InChI is InChI=1S/C58H112O6/c1-6-8-9-10-11-12-13-20-24-27-33-38-43-48-56(59)62-51-55(52-63-57(60)49-44-39-34-30-29-32-37-42-47-54(5)7-2)64-58(61)50-45-40-35-28-25-22-19-17-15-14-16-18-21-23-26-31-36-41-46-53(3)4/h53-55H,6-52H2,1-5H3/t54?,55-/m1/s1. The van der Waals surface area contributed by atoms with Crippen molar-refractivity contribution in [2.45, 2.75) is 330 Å². The fraction of sp³-hybridized carbons (Fsp3) is 0.948. The summed E-state index contributed by atoms with van der Waals surface area (Å²) in [6.45, 7) is 11.4. The van der Waals surface area contributed by atoms with E-state index >= 15 is 0 Å². The van der Waals surface area contributed by atoms with Gasteiger partial charge in [-0.05, 0) is 31.1 Å². The molecule has 0 aromatic heterocycles. The summed E-state index contributed by atoms with van der Waals surface area (Å²) in [7, 11) is 0. The van der Waals surface area contributed by atoms with E-state index in [0.717, 1.165) is 69.6 Å². The highest BCUT2D eigenvalue weighted by molar-refractivity contribution is 5.71. The molecule has 0 fully saturated rings. The molecule has 64 heavy (non-hydrogen) atoms. The molecule has 0 spiro atoms. The lowest BCUT2D eigenvalue weighted by Gasteiger charge is -2.18. The molecule has 0 aliphatic rings. The van der Waals surface area contributed by atoms with E-state index in [1.165, 1.54) is 212 Å². The number of carbonyl (C=O) groups excluding carboxylic acids is 3. The molecule has 6 heteroatoms. The summed E-state index contributed by atoms with van der Waals surface area (Å²) in [5, 5.41) is 0. The van der Waals surface area contributed by atoms with Crippen molar-refractivity contribution < 1.29 is 28.6 Å². The zero-order chi connectivity index (χ0) is 46.8. The van der Waals surface area contributed by atoms with Gasteiger partial charge in [0.2, 0.25) is 0 Å². The monoisotopic (exact) mass is 905 g/mol. The zero-order valence-corrected chi connectivity index (χ0v) is 43.9. The van der Waals surface area contributed by atoms with E-state index in [2.05, 4.69) is 34.6 Å². The summed E-state index contributed by atoms with van der Waals surface area (Å²) >= 11 is 0. The van der Waals surface area contributed by atoms with E-state index in [1.54, 1.807) is 0 Å². The molecular weight excluding hydrogens is 793 g/mol. The van der Waals surface area contributed by atoms with Gasteiger partial charge in [0.1, 0.15) is 13.2 Å². The molecule has 0 radical (unpaired) electrons. The Labute approximate surface area is 399 Å². The predicted octanol–water partition coefficient (Wildman–Crippen LogP) is 18.9. The average Bonchev–Trinajstić information content (AvgIpc) is 3.28. The molecular formula is C58H112O6. The summed E-state index contributed by atoms with van der Waals surface area (Å²) in [6, 6.07) is 0. The molecule has 0 N–H and O–H groups in total. The Morgan fingerprint density at radius 2 is 0.594 bits per heavy atom. The van der Waals surface area contributed by atoms with E-state index in [9.17, 15) is 14.4 Å². The van der Waals surface area contributed by atoms with Crippen molar-refractivity contribution in [3.63, 3.8) is 0 Å². The number of unbranched alkanes of at least 4 members (excludes halogenated alkanes) is 36. The molecule has 2 atom stereocenters. The molecule has 6 nitrogen and oxygen atoms in total. The largest absolute Gasteiger partial charge is 0.462 e.